The third-order valence-electron chi connectivity index (χ3n) is 1.80. The summed E-state index contributed by atoms with van der Waals surface area (Å²) >= 11 is 6.32. The summed E-state index contributed by atoms with van der Waals surface area (Å²) in [6.07, 6.45) is 2.13. The molecule has 11 heavy (non-hydrogen) atoms. The second kappa shape index (κ2) is 6.00. The number of rotatable bonds is 6. The highest BCUT2D eigenvalue weighted by molar-refractivity contribution is 7.19. The van der Waals surface area contributed by atoms with Gasteiger partial charge in [0, 0.05) is 0 Å². The fourth-order valence-electron chi connectivity index (χ4n) is 1.07. The molecule has 0 saturated heterocycles. The van der Waals surface area contributed by atoms with E-state index >= 15 is 0 Å². The molecule has 4 N–H and O–H groups in total. The van der Waals surface area contributed by atoms with Crippen LogP contribution in [-0.4, -0.2) is 20.5 Å². The lowest BCUT2D eigenvalue weighted by molar-refractivity contribution is 0.881. The molecule has 68 valence electrons. The number of nitrogens with two attached hydrogens (primary N) is 2. The van der Waals surface area contributed by atoms with E-state index in [0.717, 1.165) is 38.0 Å². The fourth-order valence-corrected chi connectivity index (χ4v) is 4.00. The van der Waals surface area contributed by atoms with Gasteiger partial charge in [0.1, 0.15) is 0 Å². The maximum Gasteiger partial charge on any atom is 0.153 e. The molecular weight excluding hydrogens is 176 g/mol. The van der Waals surface area contributed by atoms with Gasteiger partial charge in [0.2, 0.25) is 0 Å². The fraction of sp³-hybridized carbons (Fsp3) is 1.00. The van der Waals surface area contributed by atoms with Crippen LogP contribution in [0.25, 0.3) is 0 Å². The maximum absolute atomic E-state index is 6.32. The number of halogens is 1. The van der Waals surface area contributed by atoms with Gasteiger partial charge in [-0.3, -0.25) is 0 Å². The van der Waals surface area contributed by atoms with Crippen molar-refractivity contribution in [2.24, 2.45) is 11.5 Å². The lowest BCUT2D eigenvalue weighted by atomic mass is 10.5. The predicted molar refractivity (Wildman–Crippen MR) is 54.4 cm³/mol. The minimum absolute atomic E-state index is 0.762. The average Bonchev–Trinajstić information content (AvgIpc) is 1.97. The molecule has 0 aromatic heterocycles. The van der Waals surface area contributed by atoms with Gasteiger partial charge >= 0.3 is 0 Å². The molecule has 0 bridgehead atoms. The van der Waals surface area contributed by atoms with E-state index < -0.39 is 7.38 Å². The molecule has 4 heteroatoms. The van der Waals surface area contributed by atoms with Crippen LogP contribution in [-0.2, 0) is 0 Å². The van der Waals surface area contributed by atoms with Gasteiger partial charge in [-0.25, -0.2) is 0 Å². The summed E-state index contributed by atoms with van der Waals surface area (Å²) < 4.78 is 0. The Hall–Kier alpha value is 0.427. The minimum Gasteiger partial charge on any atom is -0.330 e. The van der Waals surface area contributed by atoms with Crippen molar-refractivity contribution in [1.82, 2.24) is 0 Å². The topological polar surface area (TPSA) is 52.0 Å². The Morgan fingerprint density at radius 2 is 1.45 bits per heavy atom. The van der Waals surface area contributed by atoms with E-state index in [1.807, 2.05) is 0 Å². The first-order valence-corrected chi connectivity index (χ1v) is 8.14. The summed E-state index contributed by atoms with van der Waals surface area (Å²) in [4.78, 5) is 0. The largest absolute Gasteiger partial charge is 0.330 e. The lowest BCUT2D eigenvalue weighted by Crippen LogP contribution is -2.24. The van der Waals surface area contributed by atoms with Crippen LogP contribution in [0.4, 0.5) is 0 Å². The van der Waals surface area contributed by atoms with Crippen molar-refractivity contribution in [3.05, 3.63) is 0 Å². The van der Waals surface area contributed by atoms with Crippen LogP contribution in [0, 0.1) is 0 Å². The summed E-state index contributed by atoms with van der Waals surface area (Å²) in [5.41, 5.74) is 10.8. The van der Waals surface area contributed by atoms with Gasteiger partial charge in [-0.1, -0.05) is 6.55 Å². The third-order valence-corrected chi connectivity index (χ3v) is 5.73. The number of hydrogen-bond acceptors (Lipinski definition) is 2. The van der Waals surface area contributed by atoms with Crippen molar-refractivity contribution in [2.45, 2.75) is 31.5 Å². The highest BCUT2D eigenvalue weighted by Crippen LogP contribution is 2.22. The van der Waals surface area contributed by atoms with Crippen LogP contribution in [0.15, 0.2) is 0 Å². The maximum atomic E-state index is 6.32. The normalized spacial score (nSPS) is 12.0. The van der Waals surface area contributed by atoms with Crippen LogP contribution < -0.4 is 11.5 Å². The molecule has 0 amide bonds. The zero-order valence-electron chi connectivity index (χ0n) is 7.28. The van der Waals surface area contributed by atoms with Crippen LogP contribution >= 0.6 is 11.1 Å². The van der Waals surface area contributed by atoms with E-state index in [1.165, 1.54) is 0 Å². The van der Waals surface area contributed by atoms with Gasteiger partial charge < -0.3 is 11.5 Å². The summed E-state index contributed by atoms with van der Waals surface area (Å²) in [7, 11) is -1.43. The van der Waals surface area contributed by atoms with E-state index in [1.54, 1.807) is 0 Å². The third kappa shape index (κ3) is 6.81. The Labute approximate surface area is 75.0 Å². The first-order chi connectivity index (χ1) is 5.12. The minimum atomic E-state index is -1.43. The number of hydrogen-bond donors (Lipinski definition) is 2. The quantitative estimate of drug-likeness (QED) is 0.498. The predicted octanol–water partition coefficient (Wildman–Crippen LogP) is 1.50. The molecule has 0 radical (unpaired) electrons. The molecule has 0 saturated carbocycles. The summed E-state index contributed by atoms with van der Waals surface area (Å²) in [6.45, 7) is 3.72. The first kappa shape index (κ1) is 11.4. The van der Waals surface area contributed by atoms with Crippen LogP contribution in [0.5, 0.6) is 0 Å². The molecule has 0 fully saturated rings. The van der Waals surface area contributed by atoms with Gasteiger partial charge in [0.25, 0.3) is 0 Å². The zero-order valence-corrected chi connectivity index (χ0v) is 9.03. The first-order valence-electron chi connectivity index (χ1n) is 4.21. The molecule has 2 nitrogen and oxygen atoms in total. The lowest BCUT2D eigenvalue weighted by Gasteiger charge is -2.17. The molecule has 0 aliphatic carbocycles. The Morgan fingerprint density at radius 1 is 1.09 bits per heavy atom. The summed E-state index contributed by atoms with van der Waals surface area (Å²) in [5.74, 6) is 0. The van der Waals surface area contributed by atoms with Crippen molar-refractivity contribution in [3.63, 3.8) is 0 Å². The van der Waals surface area contributed by atoms with Gasteiger partial charge in [-0.2, -0.15) is 11.1 Å². The van der Waals surface area contributed by atoms with E-state index in [4.69, 9.17) is 22.5 Å². The Bertz CT molecular complexity index is 88.4. The van der Waals surface area contributed by atoms with E-state index in [2.05, 4.69) is 6.55 Å². The van der Waals surface area contributed by atoms with Crippen molar-refractivity contribution in [3.8, 4) is 0 Å². The monoisotopic (exact) mass is 194 g/mol. The van der Waals surface area contributed by atoms with Crippen molar-refractivity contribution < 1.29 is 0 Å². The Kier molecular flexibility index (Phi) is 6.23. The molecule has 0 aromatic carbocycles. The smallest absolute Gasteiger partial charge is 0.153 e. The van der Waals surface area contributed by atoms with Crippen LogP contribution in [0.3, 0.4) is 0 Å². The molecule has 0 rings (SSSR count). The standard InChI is InChI=1S/C7H19ClN2Si/c1-11(8,6-2-4-9)7-3-5-10/h2-7,9-10H2,1H3. The second-order valence-electron chi connectivity index (χ2n) is 3.20. The molecule has 0 spiro atoms. The molecule has 0 aliphatic rings. The van der Waals surface area contributed by atoms with Gasteiger partial charge in [0.15, 0.2) is 7.38 Å². The molecule has 0 aromatic rings. The van der Waals surface area contributed by atoms with E-state index in [-0.39, 0.29) is 0 Å². The molecule has 0 atom stereocenters. The molecular formula is C7H19ClN2Si. The van der Waals surface area contributed by atoms with Gasteiger partial charge in [-0.05, 0) is 38.0 Å². The average molecular weight is 195 g/mol. The Morgan fingerprint density at radius 3 is 1.73 bits per heavy atom. The van der Waals surface area contributed by atoms with Crippen LogP contribution in [0.1, 0.15) is 12.8 Å². The van der Waals surface area contributed by atoms with Gasteiger partial charge in [0.05, 0.1) is 0 Å². The van der Waals surface area contributed by atoms with Crippen molar-refractivity contribution in [1.29, 1.82) is 0 Å². The van der Waals surface area contributed by atoms with E-state index in [9.17, 15) is 0 Å². The highest BCUT2D eigenvalue weighted by Gasteiger charge is 2.22. The van der Waals surface area contributed by atoms with Crippen molar-refractivity contribution >= 4 is 18.5 Å². The van der Waals surface area contributed by atoms with E-state index in [0.29, 0.717) is 0 Å². The van der Waals surface area contributed by atoms with Gasteiger partial charge in [-0.15, -0.1) is 0 Å². The summed E-state index contributed by atoms with van der Waals surface area (Å²) in [5, 5.41) is 0. The molecule has 0 unspecified atom stereocenters. The van der Waals surface area contributed by atoms with Crippen molar-refractivity contribution in [2.75, 3.05) is 13.1 Å². The molecule has 0 aliphatic heterocycles. The summed E-state index contributed by atoms with van der Waals surface area (Å²) in [6, 6.07) is 2.26. The SMILES string of the molecule is C[Si](Cl)(CCCN)CCCN. The molecule has 0 heterocycles. The van der Waals surface area contributed by atoms with Crippen LogP contribution in [0.2, 0.25) is 18.6 Å². The second-order valence-corrected chi connectivity index (χ2v) is 9.76. The zero-order chi connectivity index (χ0) is 8.74. The highest BCUT2D eigenvalue weighted by atomic mass is 35.6. The Balaban J connectivity index is 3.43.